The highest BCUT2D eigenvalue weighted by Gasteiger charge is 2.46. The van der Waals surface area contributed by atoms with E-state index in [1.54, 1.807) is 19.1 Å². The molecule has 3 heteroatoms. The molecule has 0 radical (unpaired) electrons. The van der Waals surface area contributed by atoms with Crippen molar-refractivity contribution in [2.24, 2.45) is 5.92 Å². The lowest BCUT2D eigenvalue weighted by Gasteiger charge is -2.36. The molecule has 3 nitrogen and oxygen atoms in total. The minimum Gasteiger partial charge on any atom is -0.450 e. The maximum Gasteiger partial charge on any atom is 0.344 e. The van der Waals surface area contributed by atoms with E-state index in [2.05, 4.69) is 11.8 Å². The van der Waals surface area contributed by atoms with E-state index >= 15 is 0 Å². The van der Waals surface area contributed by atoms with Crippen molar-refractivity contribution in [2.45, 2.75) is 44.6 Å². The number of hydrogen-bond acceptors (Lipinski definition) is 3. The maximum atomic E-state index is 12.5. The molecule has 0 aliphatic heterocycles. The highest BCUT2D eigenvalue weighted by Crippen LogP contribution is 2.40. The summed E-state index contributed by atoms with van der Waals surface area (Å²) in [4.78, 5) is 12.5. The van der Waals surface area contributed by atoms with Gasteiger partial charge >= 0.3 is 5.97 Å². The zero-order chi connectivity index (χ0) is 15.1. The lowest BCUT2D eigenvalue weighted by molar-refractivity contribution is -0.174. The lowest BCUT2D eigenvalue weighted by atomic mass is 9.73. The van der Waals surface area contributed by atoms with Gasteiger partial charge in [0.25, 0.3) is 0 Å². The molecule has 1 aliphatic carbocycles. The SMILES string of the molecule is CC#CCOC(=O)C(O)(c1ccccc1)C1CCCCC1. The number of ether oxygens (including phenoxy) is 1. The molecular weight excluding hydrogens is 264 g/mol. The number of carbonyl (C=O) groups is 1. The zero-order valence-corrected chi connectivity index (χ0v) is 12.5. The smallest absolute Gasteiger partial charge is 0.344 e. The molecule has 21 heavy (non-hydrogen) atoms. The van der Waals surface area contributed by atoms with Gasteiger partial charge in [0, 0.05) is 5.92 Å². The maximum absolute atomic E-state index is 12.5. The van der Waals surface area contributed by atoms with Crippen molar-refractivity contribution >= 4 is 5.97 Å². The van der Waals surface area contributed by atoms with Crippen LogP contribution in [0.3, 0.4) is 0 Å². The van der Waals surface area contributed by atoms with Crippen molar-refractivity contribution in [3.8, 4) is 11.8 Å². The number of hydrogen-bond donors (Lipinski definition) is 1. The van der Waals surface area contributed by atoms with Crippen molar-refractivity contribution in [1.29, 1.82) is 0 Å². The van der Waals surface area contributed by atoms with Crippen LogP contribution >= 0.6 is 0 Å². The molecule has 0 bridgehead atoms. The zero-order valence-electron chi connectivity index (χ0n) is 12.5. The molecule has 1 aromatic rings. The first-order valence-electron chi connectivity index (χ1n) is 7.54. The van der Waals surface area contributed by atoms with Crippen molar-refractivity contribution in [3.63, 3.8) is 0 Å². The molecule has 1 aliphatic rings. The number of benzene rings is 1. The molecule has 0 heterocycles. The molecule has 1 aromatic carbocycles. The minimum absolute atomic E-state index is 0.0250. The van der Waals surface area contributed by atoms with Crippen LogP contribution in [0.15, 0.2) is 30.3 Å². The Morgan fingerprint density at radius 1 is 1.29 bits per heavy atom. The van der Waals surface area contributed by atoms with Crippen LogP contribution in [0.1, 0.15) is 44.6 Å². The van der Waals surface area contributed by atoms with Crippen molar-refractivity contribution in [3.05, 3.63) is 35.9 Å². The molecule has 1 atom stereocenters. The van der Waals surface area contributed by atoms with Crippen molar-refractivity contribution in [2.75, 3.05) is 6.61 Å². The van der Waals surface area contributed by atoms with Crippen LogP contribution in [0.2, 0.25) is 0 Å². The third-order valence-electron chi connectivity index (χ3n) is 4.17. The van der Waals surface area contributed by atoms with Gasteiger partial charge in [0.05, 0.1) is 0 Å². The second-order valence-corrected chi connectivity index (χ2v) is 5.47. The van der Waals surface area contributed by atoms with Gasteiger partial charge in [0.15, 0.2) is 12.2 Å². The summed E-state index contributed by atoms with van der Waals surface area (Å²) in [5, 5.41) is 11.2. The molecule has 0 saturated heterocycles. The van der Waals surface area contributed by atoms with Gasteiger partial charge in [-0.15, -0.1) is 5.92 Å². The third kappa shape index (κ3) is 3.46. The van der Waals surface area contributed by atoms with Gasteiger partial charge in [0.2, 0.25) is 0 Å². The average molecular weight is 286 g/mol. The first-order chi connectivity index (χ1) is 10.2. The number of rotatable bonds is 4. The van der Waals surface area contributed by atoms with E-state index in [0.29, 0.717) is 5.56 Å². The minimum atomic E-state index is -1.56. The van der Waals surface area contributed by atoms with E-state index in [9.17, 15) is 9.90 Å². The standard InChI is InChI=1S/C18H22O3/c1-2-3-14-21-17(19)18(20,15-10-6-4-7-11-15)16-12-8-5-9-13-16/h4,6-7,10-11,16,20H,5,8-9,12-14H2,1H3. The molecule has 112 valence electrons. The number of carbonyl (C=O) groups excluding carboxylic acids is 1. The molecule has 1 saturated carbocycles. The number of aliphatic hydroxyl groups is 1. The molecule has 0 spiro atoms. The Balaban J connectivity index is 2.28. The summed E-state index contributed by atoms with van der Waals surface area (Å²) in [5.41, 5.74) is -0.941. The van der Waals surface area contributed by atoms with Crippen molar-refractivity contribution < 1.29 is 14.6 Å². The molecule has 1 fully saturated rings. The predicted octanol–water partition coefficient (Wildman–Crippen LogP) is 3.02. The van der Waals surface area contributed by atoms with Crippen LogP contribution < -0.4 is 0 Å². The first kappa shape index (κ1) is 15.6. The molecule has 1 unspecified atom stereocenters. The Bertz CT molecular complexity index is 520. The van der Waals surface area contributed by atoms with Crippen LogP contribution in [-0.2, 0) is 15.1 Å². The summed E-state index contributed by atoms with van der Waals surface area (Å²) in [7, 11) is 0. The summed E-state index contributed by atoms with van der Waals surface area (Å²) in [6, 6.07) is 9.13. The average Bonchev–Trinajstić information content (AvgIpc) is 2.56. The van der Waals surface area contributed by atoms with Gasteiger partial charge in [-0.2, -0.15) is 0 Å². The fourth-order valence-corrected chi connectivity index (χ4v) is 3.02. The van der Waals surface area contributed by atoms with Crippen LogP contribution in [0.5, 0.6) is 0 Å². The Kier molecular flexibility index (Phi) is 5.41. The lowest BCUT2D eigenvalue weighted by Crippen LogP contribution is -2.45. The largest absolute Gasteiger partial charge is 0.450 e. The van der Waals surface area contributed by atoms with Crippen molar-refractivity contribution in [1.82, 2.24) is 0 Å². The van der Waals surface area contributed by atoms with Crippen LogP contribution in [-0.4, -0.2) is 17.7 Å². The summed E-state index contributed by atoms with van der Waals surface area (Å²) < 4.78 is 5.19. The Morgan fingerprint density at radius 3 is 2.57 bits per heavy atom. The van der Waals surface area contributed by atoms with Gasteiger partial charge in [-0.3, -0.25) is 0 Å². The van der Waals surface area contributed by atoms with Crippen LogP contribution in [0, 0.1) is 17.8 Å². The molecule has 2 rings (SSSR count). The first-order valence-corrected chi connectivity index (χ1v) is 7.54. The fourth-order valence-electron chi connectivity index (χ4n) is 3.02. The summed E-state index contributed by atoms with van der Waals surface area (Å²) in [6.45, 7) is 1.72. The topological polar surface area (TPSA) is 46.5 Å². The van der Waals surface area contributed by atoms with Gasteiger partial charge < -0.3 is 9.84 Å². The molecule has 0 aromatic heterocycles. The normalized spacial score (nSPS) is 18.2. The van der Waals surface area contributed by atoms with Gasteiger partial charge in [-0.1, -0.05) is 55.5 Å². The van der Waals surface area contributed by atoms with Crippen LogP contribution in [0.4, 0.5) is 0 Å². The highest BCUT2D eigenvalue weighted by atomic mass is 16.5. The van der Waals surface area contributed by atoms with Crippen LogP contribution in [0.25, 0.3) is 0 Å². The fraction of sp³-hybridized carbons (Fsp3) is 0.500. The summed E-state index contributed by atoms with van der Waals surface area (Å²) in [5.74, 6) is 4.72. The van der Waals surface area contributed by atoms with E-state index in [1.165, 1.54) is 0 Å². The monoisotopic (exact) mass is 286 g/mol. The van der Waals surface area contributed by atoms with E-state index in [0.717, 1.165) is 32.1 Å². The van der Waals surface area contributed by atoms with E-state index in [4.69, 9.17) is 4.74 Å². The quantitative estimate of drug-likeness (QED) is 0.683. The third-order valence-corrected chi connectivity index (χ3v) is 4.17. The summed E-state index contributed by atoms with van der Waals surface area (Å²) in [6.07, 6.45) is 4.95. The van der Waals surface area contributed by atoms with Gasteiger partial charge in [-0.25, -0.2) is 4.79 Å². The van der Waals surface area contributed by atoms with E-state index < -0.39 is 11.6 Å². The van der Waals surface area contributed by atoms with E-state index in [1.807, 2.05) is 18.2 Å². The summed E-state index contributed by atoms with van der Waals surface area (Å²) >= 11 is 0. The Hall–Kier alpha value is -1.79. The Labute approximate surface area is 126 Å². The van der Waals surface area contributed by atoms with Gasteiger partial charge in [-0.05, 0) is 25.3 Å². The molecule has 1 N–H and O–H groups in total. The van der Waals surface area contributed by atoms with Gasteiger partial charge in [0.1, 0.15) is 0 Å². The number of esters is 1. The Morgan fingerprint density at radius 2 is 1.95 bits per heavy atom. The highest BCUT2D eigenvalue weighted by molar-refractivity contribution is 5.81. The van der Waals surface area contributed by atoms with E-state index in [-0.39, 0.29) is 12.5 Å². The molecule has 0 amide bonds. The second-order valence-electron chi connectivity index (χ2n) is 5.47. The predicted molar refractivity (Wildman–Crippen MR) is 81.3 cm³/mol. The second kappa shape index (κ2) is 7.28. The molecular formula is C18H22O3.